The number of imidazole rings is 1. The van der Waals surface area contributed by atoms with Crippen molar-refractivity contribution in [1.29, 1.82) is 0 Å². The summed E-state index contributed by atoms with van der Waals surface area (Å²) in [6.45, 7) is 0. The standard InChI is InChI=1S/C12H8ClN3S/c13-8-3-5-9(6-4-8)16-11-10(15-12(16)17)2-1-7-14-11/h1-7H,(H,15,17). The summed E-state index contributed by atoms with van der Waals surface area (Å²) in [6.07, 6.45) is 1.75. The highest BCUT2D eigenvalue weighted by molar-refractivity contribution is 7.71. The molecule has 3 rings (SSSR count). The fourth-order valence-corrected chi connectivity index (χ4v) is 2.20. The lowest BCUT2D eigenvalue weighted by Gasteiger charge is -2.03. The van der Waals surface area contributed by atoms with Gasteiger partial charge in [0.25, 0.3) is 0 Å². The number of nitrogens with zero attached hydrogens (tertiary/aromatic N) is 2. The number of hydrogen-bond donors (Lipinski definition) is 1. The number of pyridine rings is 1. The minimum absolute atomic E-state index is 0.626. The highest BCUT2D eigenvalue weighted by atomic mass is 35.5. The van der Waals surface area contributed by atoms with Crippen LogP contribution in [-0.2, 0) is 0 Å². The summed E-state index contributed by atoms with van der Waals surface area (Å²) in [5.74, 6) is 0. The molecule has 0 unspecified atom stereocenters. The van der Waals surface area contributed by atoms with E-state index in [1.165, 1.54) is 0 Å². The van der Waals surface area contributed by atoms with Crippen molar-refractivity contribution in [2.24, 2.45) is 0 Å². The van der Waals surface area contributed by atoms with Crippen LogP contribution < -0.4 is 0 Å². The molecular formula is C12H8ClN3S. The van der Waals surface area contributed by atoms with E-state index in [1.807, 2.05) is 41.0 Å². The van der Waals surface area contributed by atoms with Gasteiger partial charge in [-0.1, -0.05) is 11.6 Å². The monoisotopic (exact) mass is 261 g/mol. The van der Waals surface area contributed by atoms with Gasteiger partial charge in [0, 0.05) is 11.2 Å². The predicted molar refractivity (Wildman–Crippen MR) is 71.3 cm³/mol. The number of nitrogens with one attached hydrogen (secondary N) is 1. The summed E-state index contributed by atoms with van der Waals surface area (Å²) in [5.41, 5.74) is 2.69. The summed E-state index contributed by atoms with van der Waals surface area (Å²) >= 11 is 11.2. The molecule has 3 aromatic rings. The number of hydrogen-bond acceptors (Lipinski definition) is 2. The largest absolute Gasteiger partial charge is 0.329 e. The van der Waals surface area contributed by atoms with Gasteiger partial charge in [-0.25, -0.2) is 4.98 Å². The average Bonchev–Trinajstić information content (AvgIpc) is 2.66. The van der Waals surface area contributed by atoms with Crippen molar-refractivity contribution in [3.63, 3.8) is 0 Å². The quantitative estimate of drug-likeness (QED) is 0.677. The average molecular weight is 262 g/mol. The molecule has 0 spiro atoms. The molecule has 0 saturated carbocycles. The zero-order valence-corrected chi connectivity index (χ0v) is 10.3. The van der Waals surface area contributed by atoms with Crippen LogP contribution in [-0.4, -0.2) is 14.5 Å². The lowest BCUT2D eigenvalue weighted by Crippen LogP contribution is -1.94. The van der Waals surface area contributed by atoms with E-state index in [-0.39, 0.29) is 0 Å². The summed E-state index contributed by atoms with van der Waals surface area (Å²) in [5, 5.41) is 0.702. The van der Waals surface area contributed by atoms with E-state index in [0.717, 1.165) is 16.9 Å². The van der Waals surface area contributed by atoms with Crippen LogP contribution in [0.1, 0.15) is 0 Å². The maximum absolute atomic E-state index is 5.87. The van der Waals surface area contributed by atoms with Gasteiger partial charge in [-0.3, -0.25) is 4.57 Å². The first kappa shape index (κ1) is 10.5. The van der Waals surface area contributed by atoms with E-state index in [4.69, 9.17) is 23.8 Å². The third kappa shape index (κ3) is 1.75. The molecule has 5 heteroatoms. The van der Waals surface area contributed by atoms with E-state index < -0.39 is 0 Å². The molecule has 84 valence electrons. The number of H-pyrrole nitrogens is 1. The maximum atomic E-state index is 5.87. The second-order valence-electron chi connectivity index (χ2n) is 3.62. The smallest absolute Gasteiger partial charge is 0.183 e. The van der Waals surface area contributed by atoms with Gasteiger partial charge in [0.1, 0.15) is 0 Å². The Bertz CT molecular complexity index is 727. The van der Waals surface area contributed by atoms with Gasteiger partial charge in [0.15, 0.2) is 10.4 Å². The predicted octanol–water partition coefficient (Wildman–Crippen LogP) is 3.74. The molecule has 0 atom stereocenters. The van der Waals surface area contributed by atoms with Gasteiger partial charge >= 0.3 is 0 Å². The minimum Gasteiger partial charge on any atom is -0.329 e. The van der Waals surface area contributed by atoms with Crippen molar-refractivity contribution >= 4 is 35.0 Å². The molecule has 0 aliphatic carbocycles. The van der Waals surface area contributed by atoms with Crippen LogP contribution in [0.2, 0.25) is 5.02 Å². The Morgan fingerprint density at radius 2 is 1.94 bits per heavy atom. The second-order valence-corrected chi connectivity index (χ2v) is 4.44. The highest BCUT2D eigenvalue weighted by Gasteiger charge is 2.06. The molecule has 2 aromatic heterocycles. The first-order valence-electron chi connectivity index (χ1n) is 5.07. The summed E-state index contributed by atoms with van der Waals surface area (Å²) < 4.78 is 2.52. The summed E-state index contributed by atoms with van der Waals surface area (Å²) in [7, 11) is 0. The topological polar surface area (TPSA) is 33.6 Å². The number of halogens is 1. The van der Waals surface area contributed by atoms with Crippen LogP contribution in [0.3, 0.4) is 0 Å². The van der Waals surface area contributed by atoms with Gasteiger partial charge < -0.3 is 4.98 Å². The maximum Gasteiger partial charge on any atom is 0.183 e. The number of rotatable bonds is 1. The Balaban J connectivity index is 2.33. The fourth-order valence-electron chi connectivity index (χ4n) is 1.77. The minimum atomic E-state index is 0.626. The first-order valence-corrected chi connectivity index (χ1v) is 5.86. The van der Waals surface area contributed by atoms with Gasteiger partial charge in [0.2, 0.25) is 0 Å². The van der Waals surface area contributed by atoms with E-state index in [2.05, 4.69) is 9.97 Å². The van der Waals surface area contributed by atoms with Crippen molar-refractivity contribution in [2.45, 2.75) is 0 Å². The van der Waals surface area contributed by atoms with Crippen molar-refractivity contribution in [3.8, 4) is 5.69 Å². The number of aromatic amines is 1. The van der Waals surface area contributed by atoms with Crippen molar-refractivity contribution in [3.05, 3.63) is 52.4 Å². The second kappa shape index (κ2) is 3.98. The number of aromatic nitrogens is 3. The van der Waals surface area contributed by atoms with Crippen LogP contribution in [0.25, 0.3) is 16.9 Å². The lowest BCUT2D eigenvalue weighted by molar-refractivity contribution is 1.04. The zero-order valence-electron chi connectivity index (χ0n) is 8.72. The molecule has 0 bridgehead atoms. The Hall–Kier alpha value is -1.65. The Kier molecular flexibility index (Phi) is 2.46. The molecule has 0 radical (unpaired) electrons. The fraction of sp³-hybridized carbons (Fsp3) is 0. The molecule has 0 saturated heterocycles. The third-order valence-electron chi connectivity index (χ3n) is 2.53. The molecule has 1 aromatic carbocycles. The van der Waals surface area contributed by atoms with Crippen molar-refractivity contribution in [2.75, 3.05) is 0 Å². The molecule has 3 nitrogen and oxygen atoms in total. The molecule has 0 aliphatic rings. The molecule has 0 amide bonds. The van der Waals surface area contributed by atoms with Crippen molar-refractivity contribution < 1.29 is 0 Å². The third-order valence-corrected chi connectivity index (χ3v) is 3.06. The van der Waals surface area contributed by atoms with E-state index in [1.54, 1.807) is 6.20 Å². The normalized spacial score (nSPS) is 10.9. The molecule has 0 aliphatic heterocycles. The molecule has 17 heavy (non-hydrogen) atoms. The SMILES string of the molecule is S=c1[nH]c2cccnc2n1-c1ccc(Cl)cc1. The van der Waals surface area contributed by atoms with E-state index in [9.17, 15) is 0 Å². The number of fused-ring (bicyclic) bond motifs is 1. The summed E-state index contributed by atoms with van der Waals surface area (Å²) in [6, 6.07) is 11.3. The Labute approximate surface area is 108 Å². The van der Waals surface area contributed by atoms with E-state index >= 15 is 0 Å². The Morgan fingerprint density at radius 3 is 2.71 bits per heavy atom. The van der Waals surface area contributed by atoms with Gasteiger partial charge in [-0.2, -0.15) is 0 Å². The van der Waals surface area contributed by atoms with Crippen LogP contribution in [0, 0.1) is 4.77 Å². The van der Waals surface area contributed by atoms with E-state index in [0.29, 0.717) is 9.79 Å². The Morgan fingerprint density at radius 1 is 1.18 bits per heavy atom. The number of benzene rings is 1. The van der Waals surface area contributed by atoms with Crippen LogP contribution >= 0.6 is 23.8 Å². The molecular weight excluding hydrogens is 254 g/mol. The first-order chi connectivity index (χ1) is 8.25. The van der Waals surface area contributed by atoms with Gasteiger partial charge in [0.05, 0.1) is 11.2 Å². The van der Waals surface area contributed by atoms with Crippen molar-refractivity contribution in [1.82, 2.24) is 14.5 Å². The summed E-state index contributed by atoms with van der Waals surface area (Å²) in [4.78, 5) is 7.46. The van der Waals surface area contributed by atoms with Crippen LogP contribution in [0.15, 0.2) is 42.6 Å². The molecule has 1 N–H and O–H groups in total. The lowest BCUT2D eigenvalue weighted by atomic mass is 10.3. The molecule has 2 heterocycles. The van der Waals surface area contributed by atoms with Gasteiger partial charge in [-0.05, 0) is 48.6 Å². The molecule has 0 fully saturated rings. The highest BCUT2D eigenvalue weighted by Crippen LogP contribution is 2.19. The zero-order chi connectivity index (χ0) is 11.8. The van der Waals surface area contributed by atoms with Gasteiger partial charge in [-0.15, -0.1) is 0 Å². The van der Waals surface area contributed by atoms with Crippen LogP contribution in [0.4, 0.5) is 0 Å². The van der Waals surface area contributed by atoms with Crippen LogP contribution in [0.5, 0.6) is 0 Å².